The van der Waals surface area contributed by atoms with Gasteiger partial charge in [0, 0.05) is 18.0 Å². The normalized spacial score (nSPS) is 18.8. The lowest BCUT2D eigenvalue weighted by atomic mass is 9.96. The molecule has 3 nitrogen and oxygen atoms in total. The van der Waals surface area contributed by atoms with Crippen LogP contribution < -0.4 is 5.32 Å². The van der Waals surface area contributed by atoms with E-state index < -0.39 is 0 Å². The first-order chi connectivity index (χ1) is 8.56. The molecule has 0 aromatic carbocycles. The van der Waals surface area contributed by atoms with E-state index in [2.05, 4.69) is 31.1 Å². The summed E-state index contributed by atoms with van der Waals surface area (Å²) >= 11 is 0. The Morgan fingerprint density at radius 1 is 1.22 bits per heavy atom. The van der Waals surface area contributed by atoms with E-state index in [4.69, 9.17) is 4.42 Å². The Morgan fingerprint density at radius 3 is 2.50 bits per heavy atom. The van der Waals surface area contributed by atoms with Gasteiger partial charge in [-0.3, -0.25) is 0 Å². The van der Waals surface area contributed by atoms with Crippen LogP contribution in [0.1, 0.15) is 76.7 Å². The zero-order valence-corrected chi connectivity index (χ0v) is 12.0. The lowest BCUT2D eigenvalue weighted by Crippen LogP contribution is -2.35. The van der Waals surface area contributed by atoms with E-state index in [0.29, 0.717) is 5.92 Å². The summed E-state index contributed by atoms with van der Waals surface area (Å²) in [7, 11) is 0. The Hall–Kier alpha value is -0.830. The number of hydrogen-bond acceptors (Lipinski definition) is 3. The van der Waals surface area contributed by atoms with Gasteiger partial charge in [-0.25, -0.2) is 4.98 Å². The van der Waals surface area contributed by atoms with E-state index in [9.17, 15) is 0 Å². The highest BCUT2D eigenvalue weighted by atomic mass is 16.3. The average Bonchev–Trinajstić information content (AvgIpc) is 2.59. The molecule has 18 heavy (non-hydrogen) atoms. The van der Waals surface area contributed by atoms with Gasteiger partial charge in [0.05, 0.1) is 5.69 Å². The van der Waals surface area contributed by atoms with Gasteiger partial charge >= 0.3 is 0 Å². The van der Waals surface area contributed by atoms with E-state index in [0.717, 1.165) is 18.0 Å². The minimum atomic E-state index is 0.125. The first-order valence-electron chi connectivity index (χ1n) is 7.23. The summed E-state index contributed by atoms with van der Waals surface area (Å²) in [6.07, 6.45) is 9.55. The van der Waals surface area contributed by atoms with Crippen LogP contribution in [0.15, 0.2) is 10.8 Å². The number of oxazole rings is 1. The molecule has 1 N–H and O–H groups in total. The molecule has 1 aromatic heterocycles. The van der Waals surface area contributed by atoms with Crippen LogP contribution in [0.4, 0.5) is 0 Å². The fourth-order valence-corrected chi connectivity index (χ4v) is 2.63. The van der Waals surface area contributed by atoms with Crippen molar-refractivity contribution in [2.45, 2.75) is 77.3 Å². The van der Waals surface area contributed by atoms with Crippen LogP contribution in [0.5, 0.6) is 0 Å². The van der Waals surface area contributed by atoms with Gasteiger partial charge in [0.2, 0.25) is 0 Å². The van der Waals surface area contributed by atoms with Crippen molar-refractivity contribution in [2.24, 2.45) is 0 Å². The number of nitrogens with zero attached hydrogens (tertiary/aromatic N) is 1. The standard InChI is InChI=1S/C15H26N2O/c1-15(2,3)17-10-13-14(18-11-16-13)12-8-6-4-5-7-9-12/h11-12,17H,4-10H2,1-3H3. The molecule has 0 saturated heterocycles. The first-order valence-corrected chi connectivity index (χ1v) is 7.23. The lowest BCUT2D eigenvalue weighted by molar-refractivity contribution is 0.403. The summed E-state index contributed by atoms with van der Waals surface area (Å²) in [5, 5.41) is 3.50. The van der Waals surface area contributed by atoms with E-state index in [1.54, 1.807) is 6.39 Å². The third kappa shape index (κ3) is 3.84. The molecule has 0 bridgehead atoms. The molecule has 0 spiro atoms. The van der Waals surface area contributed by atoms with Crippen molar-refractivity contribution >= 4 is 0 Å². The maximum atomic E-state index is 5.67. The number of hydrogen-bond donors (Lipinski definition) is 1. The van der Waals surface area contributed by atoms with Crippen LogP contribution in [0.2, 0.25) is 0 Å². The van der Waals surface area contributed by atoms with Crippen molar-refractivity contribution in [3.63, 3.8) is 0 Å². The molecule has 0 amide bonds. The van der Waals surface area contributed by atoms with E-state index in [-0.39, 0.29) is 5.54 Å². The van der Waals surface area contributed by atoms with Crippen LogP contribution >= 0.6 is 0 Å². The second-order valence-electron chi connectivity index (χ2n) is 6.46. The summed E-state index contributed by atoms with van der Waals surface area (Å²) in [6, 6.07) is 0. The predicted octanol–water partition coefficient (Wildman–Crippen LogP) is 4.00. The Morgan fingerprint density at radius 2 is 1.89 bits per heavy atom. The largest absolute Gasteiger partial charge is 0.448 e. The average molecular weight is 250 g/mol. The topological polar surface area (TPSA) is 38.1 Å². The molecule has 1 heterocycles. The Balaban J connectivity index is 2.02. The molecule has 102 valence electrons. The molecule has 1 aromatic rings. The molecule has 1 aliphatic rings. The quantitative estimate of drug-likeness (QED) is 0.824. The summed E-state index contributed by atoms with van der Waals surface area (Å²) < 4.78 is 5.67. The number of nitrogens with one attached hydrogen (secondary N) is 1. The van der Waals surface area contributed by atoms with Crippen molar-refractivity contribution in [3.8, 4) is 0 Å². The maximum Gasteiger partial charge on any atom is 0.181 e. The van der Waals surface area contributed by atoms with Gasteiger partial charge in [-0.05, 0) is 33.6 Å². The van der Waals surface area contributed by atoms with Crippen molar-refractivity contribution in [1.29, 1.82) is 0 Å². The van der Waals surface area contributed by atoms with Crippen LogP contribution in [-0.2, 0) is 6.54 Å². The van der Waals surface area contributed by atoms with Gasteiger partial charge < -0.3 is 9.73 Å². The molecule has 0 aliphatic heterocycles. The smallest absolute Gasteiger partial charge is 0.181 e. The third-order valence-corrected chi connectivity index (χ3v) is 3.68. The first kappa shape index (κ1) is 13.6. The van der Waals surface area contributed by atoms with Crippen LogP contribution in [0.25, 0.3) is 0 Å². The van der Waals surface area contributed by atoms with Gasteiger partial charge in [-0.15, -0.1) is 0 Å². The van der Waals surface area contributed by atoms with Crippen molar-refractivity contribution in [1.82, 2.24) is 10.3 Å². The molecule has 2 rings (SSSR count). The highest BCUT2D eigenvalue weighted by Crippen LogP contribution is 2.33. The van der Waals surface area contributed by atoms with E-state index in [1.807, 2.05) is 0 Å². The van der Waals surface area contributed by atoms with Crippen LogP contribution in [0, 0.1) is 0 Å². The van der Waals surface area contributed by atoms with E-state index in [1.165, 1.54) is 38.5 Å². The van der Waals surface area contributed by atoms with Gasteiger partial charge in [-0.2, -0.15) is 0 Å². The Labute approximate surface area is 110 Å². The summed E-state index contributed by atoms with van der Waals surface area (Å²) in [4.78, 5) is 4.40. The molecule has 0 atom stereocenters. The Bertz CT molecular complexity index is 357. The van der Waals surface area contributed by atoms with Gasteiger partial charge in [0.15, 0.2) is 6.39 Å². The minimum Gasteiger partial charge on any atom is -0.448 e. The zero-order valence-electron chi connectivity index (χ0n) is 12.0. The fraction of sp³-hybridized carbons (Fsp3) is 0.800. The monoisotopic (exact) mass is 250 g/mol. The highest BCUT2D eigenvalue weighted by Gasteiger charge is 2.22. The van der Waals surface area contributed by atoms with Gasteiger partial charge in [-0.1, -0.05) is 25.7 Å². The second kappa shape index (κ2) is 5.87. The van der Waals surface area contributed by atoms with Crippen molar-refractivity contribution < 1.29 is 4.42 Å². The molecule has 0 unspecified atom stereocenters. The molecule has 1 aliphatic carbocycles. The summed E-state index contributed by atoms with van der Waals surface area (Å²) in [5.41, 5.74) is 1.23. The van der Waals surface area contributed by atoms with Crippen LogP contribution in [0.3, 0.4) is 0 Å². The predicted molar refractivity (Wildman–Crippen MR) is 73.5 cm³/mol. The number of rotatable bonds is 3. The lowest BCUT2D eigenvalue weighted by Gasteiger charge is -2.20. The highest BCUT2D eigenvalue weighted by molar-refractivity contribution is 5.13. The van der Waals surface area contributed by atoms with Crippen molar-refractivity contribution in [2.75, 3.05) is 0 Å². The van der Waals surface area contributed by atoms with Crippen molar-refractivity contribution in [3.05, 3.63) is 17.8 Å². The van der Waals surface area contributed by atoms with E-state index >= 15 is 0 Å². The fourth-order valence-electron chi connectivity index (χ4n) is 2.63. The molecular formula is C15H26N2O. The van der Waals surface area contributed by atoms with Crippen LogP contribution in [-0.4, -0.2) is 10.5 Å². The summed E-state index contributed by atoms with van der Waals surface area (Å²) in [5.74, 6) is 1.72. The molecule has 3 heteroatoms. The SMILES string of the molecule is CC(C)(C)NCc1ncoc1C1CCCCCC1. The van der Waals surface area contributed by atoms with Gasteiger partial charge in [0.1, 0.15) is 5.76 Å². The molecule has 1 saturated carbocycles. The van der Waals surface area contributed by atoms with Gasteiger partial charge in [0.25, 0.3) is 0 Å². The minimum absolute atomic E-state index is 0.125. The Kier molecular flexibility index (Phi) is 4.44. The third-order valence-electron chi connectivity index (χ3n) is 3.68. The molecule has 1 fully saturated rings. The maximum absolute atomic E-state index is 5.67. The molecular weight excluding hydrogens is 224 g/mol. The second-order valence-corrected chi connectivity index (χ2v) is 6.46. The molecule has 0 radical (unpaired) electrons. The zero-order chi connectivity index (χ0) is 13.0. The summed E-state index contributed by atoms with van der Waals surface area (Å²) in [6.45, 7) is 7.35. The number of aromatic nitrogens is 1.